The van der Waals surface area contributed by atoms with Gasteiger partial charge in [0.25, 0.3) is 0 Å². The molecule has 10 heteroatoms. The number of carbonyl (C=O) groups excluding carboxylic acids is 1. The molecule has 4 rings (SSSR count). The number of nitrogens with one attached hydrogen (secondary N) is 3. The summed E-state index contributed by atoms with van der Waals surface area (Å²) >= 11 is 0. The van der Waals surface area contributed by atoms with E-state index >= 15 is 0 Å². The van der Waals surface area contributed by atoms with Crippen molar-refractivity contribution in [2.45, 2.75) is 96.7 Å². The number of ether oxygens (including phenoxy) is 2. The summed E-state index contributed by atoms with van der Waals surface area (Å²) in [5, 5.41) is 37.6. The van der Waals surface area contributed by atoms with E-state index in [1.807, 2.05) is 19.9 Å². The minimum Gasteiger partial charge on any atom is -0.465 e. The van der Waals surface area contributed by atoms with Gasteiger partial charge in [-0.25, -0.2) is 4.79 Å². The maximum atomic E-state index is 13.5. The molecule has 2 aliphatic rings. The van der Waals surface area contributed by atoms with Crippen LogP contribution in [-0.2, 0) is 14.3 Å². The molecule has 10 nitrogen and oxygen atoms in total. The van der Waals surface area contributed by atoms with Crippen molar-refractivity contribution >= 4 is 22.9 Å². The third-order valence-corrected chi connectivity index (χ3v) is 10.4. The summed E-state index contributed by atoms with van der Waals surface area (Å²) in [6.07, 6.45) is 4.56. The van der Waals surface area contributed by atoms with Crippen molar-refractivity contribution in [2.24, 2.45) is 29.1 Å². The van der Waals surface area contributed by atoms with Crippen LogP contribution in [0.3, 0.4) is 0 Å². The van der Waals surface area contributed by atoms with E-state index in [1.165, 1.54) is 0 Å². The number of aliphatic hydroxyl groups excluding tert-OH is 1. The molecule has 2 heterocycles. The Labute approximate surface area is 267 Å². The molecule has 1 saturated carbocycles. The van der Waals surface area contributed by atoms with E-state index in [-0.39, 0.29) is 47.5 Å². The lowest BCUT2D eigenvalue weighted by molar-refractivity contribution is -0.128. The Hall–Kier alpha value is -3.13. The number of H-pyrrole nitrogens is 1. The van der Waals surface area contributed by atoms with Gasteiger partial charge >= 0.3 is 6.09 Å². The number of carbonyl (C=O) groups is 2. The van der Waals surface area contributed by atoms with E-state index in [4.69, 9.17) is 9.47 Å². The molecule has 1 aliphatic heterocycles. The molecule has 6 atom stereocenters. The minimum atomic E-state index is -1.20. The summed E-state index contributed by atoms with van der Waals surface area (Å²) in [5.74, 6) is -0.300. The van der Waals surface area contributed by atoms with Crippen LogP contribution in [0.1, 0.15) is 89.7 Å². The van der Waals surface area contributed by atoms with Gasteiger partial charge in [-0.05, 0) is 85.7 Å². The van der Waals surface area contributed by atoms with Crippen LogP contribution in [0.5, 0.6) is 0 Å². The highest BCUT2D eigenvalue weighted by molar-refractivity contribution is 5.86. The number of hydrogen-bond acceptors (Lipinski definition) is 6. The van der Waals surface area contributed by atoms with Crippen LogP contribution in [0.15, 0.2) is 24.4 Å². The first kappa shape index (κ1) is 34.7. The number of nitriles is 1. The standard InChI is InChI=1S/C35H52N4O6/c1-21(2)27(25(7-6-12-44-5)23-8-9-26-24(19-36)20-37-29(26)15-23)16-30(38-34(42)43)31(40)17-28(22(3)4)33(41)39-32-18-35(32)10-13-45-14-11-35/h8-9,15,20-22,25,27-28,30-32,37-38,40H,6-7,10-14,16-18H2,1-5H3,(H,39,41)(H,42,43)/t25?,27?,28?,30?,31?,32-/m1/s1. The number of rotatable bonds is 16. The summed E-state index contributed by atoms with van der Waals surface area (Å²) in [4.78, 5) is 28.7. The van der Waals surface area contributed by atoms with Crippen molar-refractivity contribution in [3.05, 3.63) is 35.5 Å². The molecule has 45 heavy (non-hydrogen) atoms. The Morgan fingerprint density at radius 3 is 2.53 bits per heavy atom. The van der Waals surface area contributed by atoms with Crippen molar-refractivity contribution in [1.29, 1.82) is 5.26 Å². The second-order valence-electron chi connectivity index (χ2n) is 14.0. The summed E-state index contributed by atoms with van der Waals surface area (Å²) in [7, 11) is 1.68. The predicted octanol–water partition coefficient (Wildman–Crippen LogP) is 5.56. The zero-order valence-corrected chi connectivity index (χ0v) is 27.5. The van der Waals surface area contributed by atoms with Crippen molar-refractivity contribution in [3.8, 4) is 6.07 Å². The van der Waals surface area contributed by atoms with Gasteiger partial charge < -0.3 is 35.3 Å². The summed E-state index contributed by atoms with van der Waals surface area (Å²) in [5.41, 5.74) is 2.71. The minimum absolute atomic E-state index is 0.0161. The molecule has 248 valence electrons. The van der Waals surface area contributed by atoms with Crippen LogP contribution in [0.25, 0.3) is 10.9 Å². The average molecular weight is 625 g/mol. The molecule has 1 aromatic heterocycles. The van der Waals surface area contributed by atoms with E-state index in [2.05, 4.69) is 47.7 Å². The second kappa shape index (κ2) is 15.4. The van der Waals surface area contributed by atoms with Gasteiger partial charge in [-0.1, -0.05) is 39.8 Å². The van der Waals surface area contributed by atoms with Gasteiger partial charge in [-0.3, -0.25) is 4.79 Å². The molecule has 1 saturated heterocycles. The molecule has 1 aromatic carbocycles. The predicted molar refractivity (Wildman–Crippen MR) is 173 cm³/mol. The molecule has 1 aliphatic carbocycles. The molecule has 5 N–H and O–H groups in total. The highest BCUT2D eigenvalue weighted by atomic mass is 16.5. The van der Waals surface area contributed by atoms with Crippen LogP contribution in [0.2, 0.25) is 0 Å². The van der Waals surface area contributed by atoms with Crippen LogP contribution in [0, 0.1) is 40.4 Å². The zero-order chi connectivity index (χ0) is 32.7. The number of carboxylic acid groups (broad SMARTS) is 1. The fraction of sp³-hybridized carbons (Fsp3) is 0.686. The van der Waals surface area contributed by atoms with Crippen molar-refractivity contribution in [2.75, 3.05) is 26.9 Å². The number of aromatic nitrogens is 1. The SMILES string of the molecule is COCCCC(c1ccc2c(C#N)c[nH]c2c1)C(CC(NC(=O)O)C(O)CC(C(=O)N[C@@H]1CC12CCOCC2)C(C)C)C(C)C. The van der Waals surface area contributed by atoms with E-state index in [0.29, 0.717) is 18.6 Å². The smallest absolute Gasteiger partial charge is 0.404 e. The molecule has 2 amide bonds. The van der Waals surface area contributed by atoms with Gasteiger partial charge in [-0.15, -0.1) is 0 Å². The van der Waals surface area contributed by atoms with Gasteiger partial charge in [0.05, 0.1) is 17.7 Å². The number of aromatic amines is 1. The van der Waals surface area contributed by atoms with Crippen molar-refractivity contribution < 1.29 is 29.3 Å². The number of hydrogen-bond donors (Lipinski definition) is 5. The molecule has 2 aromatic rings. The summed E-state index contributed by atoms with van der Waals surface area (Å²) in [6, 6.07) is 7.72. The lowest BCUT2D eigenvalue weighted by Crippen LogP contribution is -2.48. The van der Waals surface area contributed by atoms with E-state index < -0.39 is 24.2 Å². The zero-order valence-electron chi connectivity index (χ0n) is 27.5. The van der Waals surface area contributed by atoms with Crippen LogP contribution < -0.4 is 10.6 Å². The van der Waals surface area contributed by atoms with E-state index in [1.54, 1.807) is 13.3 Å². The normalized spacial score (nSPS) is 20.8. The second-order valence-corrected chi connectivity index (χ2v) is 14.0. The number of benzene rings is 1. The summed E-state index contributed by atoms with van der Waals surface area (Å²) < 4.78 is 10.9. The third kappa shape index (κ3) is 8.57. The van der Waals surface area contributed by atoms with Gasteiger partial charge in [0.1, 0.15) is 6.07 Å². The Balaban J connectivity index is 1.53. The molecule has 0 bridgehead atoms. The first-order valence-corrected chi connectivity index (χ1v) is 16.5. The van der Waals surface area contributed by atoms with E-state index in [0.717, 1.165) is 61.8 Å². The molecule has 2 fully saturated rings. The van der Waals surface area contributed by atoms with Gasteiger partial charge in [0.2, 0.25) is 5.91 Å². The fourth-order valence-electron chi connectivity index (χ4n) is 7.47. The Morgan fingerprint density at radius 2 is 1.91 bits per heavy atom. The molecular weight excluding hydrogens is 572 g/mol. The Morgan fingerprint density at radius 1 is 1.18 bits per heavy atom. The van der Waals surface area contributed by atoms with Gasteiger partial charge in [-0.2, -0.15) is 5.26 Å². The monoisotopic (exact) mass is 624 g/mol. The van der Waals surface area contributed by atoms with Gasteiger partial charge in [0.15, 0.2) is 0 Å². The molecule has 1 spiro atoms. The topological polar surface area (TPSA) is 157 Å². The average Bonchev–Trinajstić information content (AvgIpc) is 3.46. The van der Waals surface area contributed by atoms with Crippen LogP contribution in [0.4, 0.5) is 4.79 Å². The lowest BCUT2D eigenvalue weighted by Gasteiger charge is -2.36. The number of nitrogens with zero attached hydrogens (tertiary/aromatic N) is 1. The number of amides is 2. The highest BCUT2D eigenvalue weighted by Gasteiger charge is 2.55. The Kier molecular flexibility index (Phi) is 11.9. The van der Waals surface area contributed by atoms with E-state index in [9.17, 15) is 25.1 Å². The fourth-order valence-corrected chi connectivity index (χ4v) is 7.47. The molecule has 0 radical (unpaired) electrons. The Bertz CT molecular complexity index is 1330. The summed E-state index contributed by atoms with van der Waals surface area (Å²) in [6.45, 7) is 10.3. The number of aliphatic hydroxyl groups is 1. The van der Waals surface area contributed by atoms with Crippen molar-refractivity contribution in [1.82, 2.24) is 15.6 Å². The third-order valence-electron chi connectivity index (χ3n) is 10.4. The number of fused-ring (bicyclic) bond motifs is 1. The molecular formula is C35H52N4O6. The maximum absolute atomic E-state index is 13.5. The quantitative estimate of drug-likeness (QED) is 0.153. The highest BCUT2D eigenvalue weighted by Crippen LogP contribution is 2.53. The first-order chi connectivity index (χ1) is 21.5. The molecule has 5 unspecified atom stereocenters. The van der Waals surface area contributed by atoms with Crippen molar-refractivity contribution in [3.63, 3.8) is 0 Å². The van der Waals surface area contributed by atoms with Crippen LogP contribution >= 0.6 is 0 Å². The maximum Gasteiger partial charge on any atom is 0.404 e. The number of methoxy groups -OCH3 is 1. The van der Waals surface area contributed by atoms with Crippen LogP contribution in [-0.4, -0.2) is 72.3 Å². The largest absolute Gasteiger partial charge is 0.465 e. The lowest BCUT2D eigenvalue weighted by atomic mass is 9.72. The first-order valence-electron chi connectivity index (χ1n) is 16.5. The van der Waals surface area contributed by atoms with Gasteiger partial charge in [0, 0.05) is 56.0 Å².